The average molecular weight is 693 g/mol. The van der Waals surface area contributed by atoms with Crippen LogP contribution in [-0.2, 0) is 19.2 Å². The minimum atomic E-state index is -1.58. The van der Waals surface area contributed by atoms with Gasteiger partial charge < -0.3 is 0 Å². The van der Waals surface area contributed by atoms with E-state index in [2.05, 4.69) is 90.7 Å². The molecule has 0 aliphatic heterocycles. The zero-order valence-electron chi connectivity index (χ0n) is 30.9. The highest BCUT2D eigenvalue weighted by molar-refractivity contribution is 6.89. The highest BCUT2D eigenvalue weighted by Gasteiger charge is 2.48. The lowest BCUT2D eigenvalue weighted by atomic mass is 9.68. The third-order valence-electron chi connectivity index (χ3n) is 11.7. The first-order valence-electron chi connectivity index (χ1n) is 18.0. The normalized spacial score (nSPS) is 31.9. The molecular weight excluding hydrogens is 633 g/mol. The van der Waals surface area contributed by atoms with E-state index >= 15 is 0 Å². The summed E-state index contributed by atoms with van der Waals surface area (Å²) in [5.74, 6) is 4.51. The first kappa shape index (κ1) is 35.8. The molecule has 0 radical (unpaired) electrons. The summed E-state index contributed by atoms with van der Waals surface area (Å²) < 4.78 is 0. The van der Waals surface area contributed by atoms with Crippen LogP contribution in [0.15, 0.2) is 44.1 Å². The molecule has 0 amide bonds. The zero-order chi connectivity index (χ0) is 34.3. The average Bonchev–Trinajstić information content (AvgIpc) is 3.38. The first-order chi connectivity index (χ1) is 21.0. The molecule has 2 fully saturated rings. The molecule has 4 nitrogen and oxygen atoms in total. The Bertz CT molecular complexity index is 1370. The van der Waals surface area contributed by atoms with Crippen LogP contribution in [0.25, 0.3) is 0 Å². The number of carbonyl (C=O) groups is 4. The van der Waals surface area contributed by atoms with Gasteiger partial charge in [0.1, 0.15) is 0 Å². The van der Waals surface area contributed by atoms with E-state index in [1.807, 2.05) is 0 Å². The SMILES string of the molecule is C[Si](C)(C)C1=C[C@@H]2C[C@@H]3CC(=O)C([Si](C)(C)C)=C3C[C@H]2CC1=O.C[Si](C)(C)C1=C[C@@H]2C[C@@H]3CC(=O)C([Si](C)(C)C)=C3C[C@H]2CC1=O. The minimum absolute atomic E-state index is 0.392. The van der Waals surface area contributed by atoms with Crippen LogP contribution >= 0.6 is 0 Å². The van der Waals surface area contributed by atoms with Gasteiger partial charge in [0.15, 0.2) is 23.1 Å². The highest BCUT2D eigenvalue weighted by Crippen LogP contribution is 2.52. The molecule has 6 atom stereocenters. The molecule has 46 heavy (non-hydrogen) atoms. The summed E-state index contributed by atoms with van der Waals surface area (Å²) in [6.07, 6.45) is 11.8. The van der Waals surface area contributed by atoms with E-state index in [0.717, 1.165) is 48.9 Å². The van der Waals surface area contributed by atoms with Gasteiger partial charge >= 0.3 is 0 Å². The predicted octanol–water partition coefficient (Wildman–Crippen LogP) is 9.10. The zero-order valence-corrected chi connectivity index (χ0v) is 34.9. The number of carbonyl (C=O) groups excluding carboxylic acids is 4. The Labute approximate surface area is 283 Å². The van der Waals surface area contributed by atoms with Crippen LogP contribution in [0.4, 0.5) is 0 Å². The Balaban J connectivity index is 0.000000181. The fourth-order valence-corrected chi connectivity index (χ4v) is 17.6. The third-order valence-corrected chi connectivity index (χ3v) is 20.0. The van der Waals surface area contributed by atoms with Crippen molar-refractivity contribution in [2.75, 3.05) is 0 Å². The van der Waals surface area contributed by atoms with Crippen molar-refractivity contribution in [3.8, 4) is 0 Å². The van der Waals surface area contributed by atoms with Gasteiger partial charge in [-0.05, 0) is 82.0 Å². The van der Waals surface area contributed by atoms with Crippen molar-refractivity contribution in [1.29, 1.82) is 0 Å². The van der Waals surface area contributed by atoms with E-state index in [1.165, 1.54) is 21.5 Å². The van der Waals surface area contributed by atoms with Gasteiger partial charge in [0.25, 0.3) is 0 Å². The molecule has 252 valence electrons. The van der Waals surface area contributed by atoms with Gasteiger partial charge in [-0.2, -0.15) is 0 Å². The molecule has 0 spiro atoms. The fourth-order valence-electron chi connectivity index (χ4n) is 9.86. The van der Waals surface area contributed by atoms with Gasteiger partial charge in [-0.15, -0.1) is 0 Å². The molecular formula is C38H60O4Si4. The molecule has 0 saturated heterocycles. The fraction of sp³-hybridized carbons (Fsp3) is 0.684. The van der Waals surface area contributed by atoms with E-state index < -0.39 is 32.3 Å². The lowest BCUT2D eigenvalue weighted by Gasteiger charge is -2.40. The quantitative estimate of drug-likeness (QED) is 0.276. The van der Waals surface area contributed by atoms with Crippen molar-refractivity contribution in [3.05, 3.63) is 44.1 Å². The van der Waals surface area contributed by atoms with Crippen molar-refractivity contribution in [1.82, 2.24) is 0 Å². The number of hydrogen-bond acceptors (Lipinski definition) is 4. The largest absolute Gasteiger partial charge is 0.295 e. The number of hydrogen-bond donors (Lipinski definition) is 0. The lowest BCUT2D eigenvalue weighted by molar-refractivity contribution is -0.117. The number of allylic oxidation sites excluding steroid dienone is 8. The second-order valence-electron chi connectivity index (χ2n) is 19.6. The monoisotopic (exact) mass is 692 g/mol. The molecule has 2 saturated carbocycles. The molecule has 8 heteroatoms. The van der Waals surface area contributed by atoms with Crippen molar-refractivity contribution in [2.24, 2.45) is 35.5 Å². The van der Waals surface area contributed by atoms with E-state index in [4.69, 9.17) is 0 Å². The smallest absolute Gasteiger partial charge is 0.155 e. The highest BCUT2D eigenvalue weighted by atomic mass is 28.3. The maximum Gasteiger partial charge on any atom is 0.155 e. The molecule has 6 rings (SSSR count). The van der Waals surface area contributed by atoms with Gasteiger partial charge in [-0.25, -0.2) is 0 Å². The van der Waals surface area contributed by atoms with Gasteiger partial charge in [-0.1, -0.05) is 102 Å². The summed E-state index contributed by atoms with van der Waals surface area (Å²) in [5, 5.41) is 4.74. The summed E-state index contributed by atoms with van der Waals surface area (Å²) in [7, 11) is -6.25. The standard InChI is InChI=1S/2C19H30O2Si2/c2*1-22(2,3)18-11-12-7-14-10-17(21)19(23(4,5)6)15(14)8-13(12)9-16(18)20/h2*11-14H,7-10H2,1-6H3/t2*12-,13-,14+/m00/s1. The molecule has 6 aliphatic carbocycles. The van der Waals surface area contributed by atoms with Crippen molar-refractivity contribution >= 4 is 55.4 Å². The van der Waals surface area contributed by atoms with Crippen LogP contribution in [0.3, 0.4) is 0 Å². The number of ketones is 4. The summed E-state index contributed by atoms with van der Waals surface area (Å²) in [5.41, 5.74) is 2.90. The maximum absolute atomic E-state index is 12.6. The van der Waals surface area contributed by atoms with Gasteiger partial charge in [-0.3, -0.25) is 19.2 Å². The Hall–Kier alpha value is -1.49. The second-order valence-corrected chi connectivity index (χ2v) is 39.7. The van der Waals surface area contributed by atoms with Crippen LogP contribution in [0.2, 0.25) is 78.6 Å². The van der Waals surface area contributed by atoms with Crippen LogP contribution in [0.5, 0.6) is 0 Å². The molecule has 6 aliphatic rings. The molecule has 0 bridgehead atoms. The lowest BCUT2D eigenvalue weighted by Crippen LogP contribution is -2.38. The second kappa shape index (κ2) is 12.1. The topological polar surface area (TPSA) is 68.3 Å². The van der Waals surface area contributed by atoms with Crippen molar-refractivity contribution in [3.63, 3.8) is 0 Å². The Kier molecular flexibility index (Phi) is 9.44. The van der Waals surface area contributed by atoms with E-state index in [0.29, 0.717) is 71.5 Å². The van der Waals surface area contributed by atoms with Gasteiger partial charge in [0, 0.05) is 25.7 Å². The van der Waals surface area contributed by atoms with Crippen molar-refractivity contribution in [2.45, 2.75) is 130 Å². The number of Topliss-reactive ketones (excluding diaryl/α,β-unsaturated/α-hetero) is 4. The molecule has 0 aromatic heterocycles. The predicted molar refractivity (Wildman–Crippen MR) is 202 cm³/mol. The maximum atomic E-state index is 12.6. The molecule has 0 aromatic rings. The molecule has 0 unspecified atom stereocenters. The van der Waals surface area contributed by atoms with Gasteiger partial charge in [0.2, 0.25) is 0 Å². The summed E-state index contributed by atoms with van der Waals surface area (Å²) in [6.45, 7) is 27.4. The Morgan fingerprint density at radius 1 is 0.435 bits per heavy atom. The van der Waals surface area contributed by atoms with E-state index in [-0.39, 0.29) is 0 Å². The summed E-state index contributed by atoms with van der Waals surface area (Å²) in [4.78, 5) is 50.4. The van der Waals surface area contributed by atoms with E-state index in [1.54, 1.807) is 0 Å². The van der Waals surface area contributed by atoms with E-state index in [9.17, 15) is 19.2 Å². The van der Waals surface area contributed by atoms with Crippen molar-refractivity contribution < 1.29 is 19.2 Å². The summed E-state index contributed by atoms with van der Waals surface area (Å²) in [6, 6.07) is 0. The first-order valence-corrected chi connectivity index (χ1v) is 32.0. The van der Waals surface area contributed by atoms with Crippen LogP contribution in [0, 0.1) is 35.5 Å². The van der Waals surface area contributed by atoms with Crippen LogP contribution < -0.4 is 0 Å². The Morgan fingerprint density at radius 3 is 1.04 bits per heavy atom. The number of rotatable bonds is 4. The molecule has 0 heterocycles. The van der Waals surface area contributed by atoms with Crippen LogP contribution in [0.1, 0.15) is 51.4 Å². The van der Waals surface area contributed by atoms with Gasteiger partial charge in [0.05, 0.1) is 32.3 Å². The minimum Gasteiger partial charge on any atom is -0.295 e. The number of fused-ring (bicyclic) bond motifs is 4. The summed E-state index contributed by atoms with van der Waals surface area (Å²) >= 11 is 0. The molecule has 0 aromatic carbocycles. The Morgan fingerprint density at radius 2 is 0.761 bits per heavy atom. The third kappa shape index (κ3) is 6.97. The van der Waals surface area contributed by atoms with Crippen LogP contribution in [-0.4, -0.2) is 55.4 Å². The molecule has 0 N–H and O–H groups in total.